The molecule has 4 nitrogen and oxygen atoms in total. The Labute approximate surface area is 677 Å². The fraction of sp³-hybridized carbons (Fsp3) is 0.0182. The lowest BCUT2D eigenvalue weighted by Crippen LogP contribution is -2.33. The lowest BCUT2D eigenvalue weighted by atomic mass is 9.65. The van der Waals surface area contributed by atoms with E-state index < -0.39 is 10.8 Å². The molecule has 4 aliphatic rings. The Morgan fingerprint density at radius 3 is 1.31 bits per heavy atom. The number of anilines is 6. The predicted octanol–water partition coefficient (Wildman–Crippen LogP) is 29.9. The third-order valence-corrected chi connectivity index (χ3v) is 28.5. The van der Waals surface area contributed by atoms with Crippen LogP contribution in [-0.4, -0.2) is 9.13 Å². The van der Waals surface area contributed by atoms with Gasteiger partial charge in [-0.2, -0.15) is 0 Å². The van der Waals surface area contributed by atoms with E-state index >= 15 is 0 Å². The normalized spacial score (nSPS) is 14.3. The Kier molecular flexibility index (Phi) is 13.3. The van der Waals surface area contributed by atoms with Crippen molar-refractivity contribution in [3.63, 3.8) is 0 Å². The van der Waals surface area contributed by atoms with E-state index in [0.717, 1.165) is 34.1 Å². The van der Waals surface area contributed by atoms with Crippen molar-refractivity contribution in [1.82, 2.24) is 9.13 Å². The van der Waals surface area contributed by atoms with E-state index in [2.05, 4.69) is 419 Å². The third-order valence-electron chi connectivity index (χ3n) is 26.1. The molecule has 18 aromatic carbocycles. The maximum Gasteiger partial charge on any atom is 0.0755 e. The number of nitrogens with zero attached hydrogens (tertiary/aromatic N) is 4. The fourth-order valence-corrected chi connectivity index (χ4v) is 23.9. The van der Waals surface area contributed by atoms with Crippen molar-refractivity contribution in [3.05, 3.63) is 445 Å². The van der Waals surface area contributed by atoms with Crippen LogP contribution in [0.1, 0.15) is 44.5 Å². The van der Waals surface area contributed by atoms with Gasteiger partial charge in [-0.05, 0) is 221 Å². The van der Waals surface area contributed by atoms with Crippen molar-refractivity contribution in [2.75, 3.05) is 9.80 Å². The van der Waals surface area contributed by atoms with Gasteiger partial charge in [-0.1, -0.05) is 279 Å². The van der Waals surface area contributed by atoms with Crippen molar-refractivity contribution in [2.24, 2.45) is 0 Å². The summed E-state index contributed by atoms with van der Waals surface area (Å²) in [7, 11) is 0. The third kappa shape index (κ3) is 8.55. The van der Waals surface area contributed by atoms with Crippen molar-refractivity contribution >= 4 is 141 Å². The lowest BCUT2D eigenvalue weighted by molar-refractivity contribution is 0.748. The minimum Gasteiger partial charge on any atom is -0.310 e. The zero-order valence-electron chi connectivity index (χ0n) is 62.7. The van der Waals surface area contributed by atoms with Gasteiger partial charge in [0.05, 0.1) is 44.3 Å². The number of fused-ring (bicyclic) bond motifs is 30. The highest BCUT2D eigenvalue weighted by molar-refractivity contribution is 7.26. The first-order valence-electron chi connectivity index (χ1n) is 40.1. The molecule has 2 aliphatic carbocycles. The molecule has 0 fully saturated rings. The van der Waals surface area contributed by atoms with Crippen LogP contribution < -0.4 is 9.80 Å². The van der Waals surface area contributed by atoms with E-state index in [9.17, 15) is 0 Å². The zero-order valence-corrected chi connectivity index (χ0v) is 64.3. The molecule has 22 aromatic rings. The first-order valence-corrected chi connectivity index (χ1v) is 41.7. The molecule has 0 saturated carbocycles. The molecule has 4 aromatic heterocycles. The van der Waals surface area contributed by atoms with Gasteiger partial charge in [0.25, 0.3) is 0 Å². The molecule has 0 N–H and O–H groups in total. The maximum absolute atomic E-state index is 2.61. The van der Waals surface area contributed by atoms with Crippen LogP contribution in [-0.2, 0) is 10.8 Å². The quantitative estimate of drug-likeness (QED) is 0.143. The summed E-state index contributed by atoms with van der Waals surface area (Å²) in [6.07, 6.45) is 0. The monoisotopic (exact) mass is 1510 g/mol. The topological polar surface area (TPSA) is 16.3 Å². The van der Waals surface area contributed by atoms with E-state index in [1.165, 1.54) is 195 Å². The highest BCUT2D eigenvalue weighted by Crippen LogP contribution is 2.65. The Balaban J connectivity index is 0.633. The molecule has 6 heterocycles. The molecule has 26 rings (SSSR count). The van der Waals surface area contributed by atoms with Gasteiger partial charge in [-0.25, -0.2) is 0 Å². The first-order chi connectivity index (χ1) is 57.6. The van der Waals surface area contributed by atoms with Gasteiger partial charge in [0.15, 0.2) is 0 Å². The van der Waals surface area contributed by atoms with Crippen molar-refractivity contribution in [2.45, 2.75) is 10.8 Å². The second-order valence-electron chi connectivity index (χ2n) is 31.6. The Morgan fingerprint density at radius 2 is 0.629 bits per heavy atom. The van der Waals surface area contributed by atoms with E-state index in [4.69, 9.17) is 0 Å². The van der Waals surface area contributed by atoms with E-state index in [1.54, 1.807) is 0 Å². The van der Waals surface area contributed by atoms with Gasteiger partial charge in [0.1, 0.15) is 0 Å². The predicted molar refractivity (Wildman–Crippen MR) is 488 cm³/mol. The van der Waals surface area contributed by atoms with Gasteiger partial charge in [-0.3, -0.25) is 0 Å². The number of rotatable bonds is 9. The number of hydrogen-bond acceptors (Lipinski definition) is 4. The summed E-state index contributed by atoms with van der Waals surface area (Å²) in [6, 6.07) is 152. The van der Waals surface area contributed by atoms with Crippen LogP contribution in [0.3, 0.4) is 0 Å². The molecule has 0 bridgehead atoms. The largest absolute Gasteiger partial charge is 0.310 e. The minimum atomic E-state index is -0.668. The molecule has 2 spiro atoms. The van der Waals surface area contributed by atoms with Crippen LogP contribution in [0.15, 0.2) is 400 Å². The molecule has 2 aliphatic heterocycles. The molecule has 116 heavy (non-hydrogen) atoms. The smallest absolute Gasteiger partial charge is 0.0755 e. The summed E-state index contributed by atoms with van der Waals surface area (Å²) < 4.78 is 10.4. The van der Waals surface area contributed by atoms with E-state index in [-0.39, 0.29) is 0 Å². The lowest BCUT2D eigenvalue weighted by Gasteiger charge is -2.40. The summed E-state index contributed by atoms with van der Waals surface area (Å²) in [5, 5.41) is 10.1. The van der Waals surface area contributed by atoms with Crippen LogP contribution in [0.4, 0.5) is 34.1 Å². The van der Waals surface area contributed by atoms with Crippen LogP contribution >= 0.6 is 22.7 Å². The summed E-state index contributed by atoms with van der Waals surface area (Å²) in [4.78, 5) is 4.88. The highest BCUT2D eigenvalue weighted by atomic mass is 32.1. The van der Waals surface area contributed by atoms with Crippen molar-refractivity contribution < 1.29 is 0 Å². The average molecular weight is 1510 g/mol. The molecule has 6 heteroatoms. The second kappa shape index (κ2) is 24.1. The summed E-state index contributed by atoms with van der Waals surface area (Å²) in [5.74, 6) is 0. The van der Waals surface area contributed by atoms with Crippen molar-refractivity contribution in [1.29, 1.82) is 0 Å². The van der Waals surface area contributed by atoms with Crippen LogP contribution in [0.2, 0.25) is 0 Å². The minimum absolute atomic E-state index is 0.657. The number of aromatic nitrogens is 2. The molecule has 0 saturated heterocycles. The Hall–Kier alpha value is -14.4. The number of hydrogen-bond donors (Lipinski definition) is 0. The molecule has 538 valence electrons. The summed E-state index contributed by atoms with van der Waals surface area (Å²) in [5.41, 5.74) is 35.2. The fourth-order valence-electron chi connectivity index (χ4n) is 21.6. The molecular formula is C110H66N4S2. The summed E-state index contributed by atoms with van der Waals surface area (Å²) in [6.45, 7) is 0. The van der Waals surface area contributed by atoms with Gasteiger partial charge in [0, 0.05) is 96.0 Å². The average Bonchev–Trinajstić information content (AvgIpc) is 1.49. The van der Waals surface area contributed by atoms with Gasteiger partial charge in [0.2, 0.25) is 0 Å². The Bertz CT molecular complexity index is 7930. The Morgan fingerprint density at radius 1 is 0.216 bits per heavy atom. The van der Waals surface area contributed by atoms with Gasteiger partial charge >= 0.3 is 0 Å². The van der Waals surface area contributed by atoms with E-state index in [0.29, 0.717) is 0 Å². The maximum atomic E-state index is 2.61. The number of para-hydroxylation sites is 5. The van der Waals surface area contributed by atoms with Gasteiger partial charge in [-0.15, -0.1) is 22.7 Å². The second-order valence-corrected chi connectivity index (χ2v) is 33.7. The summed E-state index contributed by atoms with van der Waals surface area (Å²) >= 11 is 3.75. The SMILES string of the molecule is c1ccc(N(c2ccc(-c3cccc4c3sc3ccccc34)cc2)c2ccc3c(c2)C2(c4ccccc4-c4ccccc42)c2cccc4c5cc(-c6cccc7c6-c6ccccc6C76c7ccccc7-n7c8ccc(N(c9ccccc9)c9ccc(-c%10cccc%11sc%12ccccc%12c%10%11)cc9)cc8c8cccc6c87)ccc5n-3c24)cc1. The number of thiophene rings is 2. The molecular weight excluding hydrogens is 1440 g/mol. The van der Waals surface area contributed by atoms with Gasteiger partial charge < -0.3 is 18.9 Å². The first kappa shape index (κ1) is 64.2. The van der Waals surface area contributed by atoms with E-state index in [1.807, 2.05) is 22.7 Å². The van der Waals surface area contributed by atoms with Crippen LogP contribution in [0, 0.1) is 0 Å². The van der Waals surface area contributed by atoms with Crippen molar-refractivity contribution in [3.8, 4) is 67.0 Å². The standard InChI is InChI=1S/C110H66N4S2/c1-3-24-70(25-4-1)111(72-55-50-67(51-56-72)76-34-23-49-103-105(76)86-32-11-18-48-102(86)115-103)74-59-62-98-88(65-74)83-37-22-45-95-107(83)113(98)99-46-16-15-42-92(99)110(95)91-41-14-9-31-85(91)104-77(33-20-43-93(104)110)69-54-61-97-87(64-69)82-36-21-44-94-106(82)114(97)100-63-60-75(66-96(100)109(94)89-39-12-7-28-79(89)80-29-8-13-40-90(80)109)112(71-26-5-2-6-27-71)73-57-52-68(53-58-73)78-35-19-38-84-81-30-10-17-47-101(81)116-108(78)84/h1-66H. The molecule has 0 amide bonds. The molecule has 1 atom stereocenters. The highest BCUT2D eigenvalue weighted by Gasteiger charge is 2.53. The van der Waals surface area contributed by atoms with Crippen LogP contribution in [0.5, 0.6) is 0 Å². The zero-order chi connectivity index (χ0) is 75.6. The van der Waals surface area contributed by atoms with Crippen LogP contribution in [0.25, 0.3) is 151 Å². The molecule has 1 unspecified atom stereocenters. The number of benzene rings is 18. The molecule has 0 radical (unpaired) electrons.